The first-order valence-corrected chi connectivity index (χ1v) is 6.34. The number of nitrogens with zero attached hydrogens (tertiary/aromatic N) is 1. The first-order chi connectivity index (χ1) is 5.81. The number of hydrogen-bond acceptors (Lipinski definition) is 3. The Morgan fingerprint density at radius 2 is 1.85 bits per heavy atom. The van der Waals surface area contributed by atoms with Crippen molar-refractivity contribution in [2.45, 2.75) is 32.7 Å². The summed E-state index contributed by atoms with van der Waals surface area (Å²) in [6, 6.07) is 0. The van der Waals surface area contributed by atoms with Crippen LogP contribution in [-0.2, 0) is 10.0 Å². The molecule has 2 N–H and O–H groups in total. The molecule has 0 aliphatic carbocycles. The topological polar surface area (TPSA) is 63.4 Å². The predicted molar refractivity (Wildman–Crippen MR) is 55.0 cm³/mol. The van der Waals surface area contributed by atoms with Gasteiger partial charge in [0.25, 0.3) is 0 Å². The maximum atomic E-state index is 11.4. The maximum Gasteiger partial charge on any atom is 0.211 e. The zero-order valence-corrected chi connectivity index (χ0v) is 9.69. The van der Waals surface area contributed by atoms with Gasteiger partial charge in [0.1, 0.15) is 0 Å². The van der Waals surface area contributed by atoms with Crippen LogP contribution < -0.4 is 5.73 Å². The highest BCUT2D eigenvalue weighted by Gasteiger charge is 2.33. The van der Waals surface area contributed by atoms with E-state index in [2.05, 4.69) is 0 Å². The molecule has 0 fully saturated rings. The molecule has 80 valence electrons. The number of likely N-dealkylation sites (N-methyl/N-ethyl adjacent to an activating group) is 1. The van der Waals surface area contributed by atoms with E-state index in [0.29, 0.717) is 13.1 Å². The van der Waals surface area contributed by atoms with Crippen LogP contribution in [0.2, 0.25) is 0 Å². The quantitative estimate of drug-likeness (QED) is 0.711. The van der Waals surface area contributed by atoms with Gasteiger partial charge in [0, 0.05) is 18.6 Å². The SMILES string of the molecule is CCN(C(C)(CC)CN)S(C)(=O)=O. The van der Waals surface area contributed by atoms with E-state index in [0.717, 1.165) is 6.42 Å². The van der Waals surface area contributed by atoms with Crippen LogP contribution in [0.25, 0.3) is 0 Å². The van der Waals surface area contributed by atoms with E-state index in [1.807, 2.05) is 20.8 Å². The lowest BCUT2D eigenvalue weighted by molar-refractivity contribution is 0.215. The van der Waals surface area contributed by atoms with Crippen molar-refractivity contribution in [1.82, 2.24) is 4.31 Å². The van der Waals surface area contributed by atoms with E-state index in [-0.39, 0.29) is 0 Å². The third kappa shape index (κ3) is 2.93. The Kier molecular flexibility index (Phi) is 4.35. The second kappa shape index (κ2) is 4.39. The maximum absolute atomic E-state index is 11.4. The number of hydrogen-bond donors (Lipinski definition) is 1. The number of nitrogens with two attached hydrogens (primary N) is 1. The third-order valence-electron chi connectivity index (χ3n) is 2.49. The van der Waals surface area contributed by atoms with Gasteiger partial charge in [-0.05, 0) is 13.3 Å². The van der Waals surface area contributed by atoms with Crippen LogP contribution in [0.4, 0.5) is 0 Å². The average molecular weight is 208 g/mol. The fraction of sp³-hybridized carbons (Fsp3) is 1.00. The molecule has 0 aliphatic heterocycles. The number of sulfonamides is 1. The minimum atomic E-state index is -3.14. The zero-order chi connectivity index (χ0) is 10.7. The Morgan fingerprint density at radius 1 is 1.38 bits per heavy atom. The minimum Gasteiger partial charge on any atom is -0.329 e. The third-order valence-corrected chi connectivity index (χ3v) is 3.99. The summed E-state index contributed by atoms with van der Waals surface area (Å²) in [5.41, 5.74) is 5.14. The van der Waals surface area contributed by atoms with Gasteiger partial charge in [0.05, 0.1) is 6.26 Å². The Labute approximate surface area is 81.2 Å². The summed E-state index contributed by atoms with van der Waals surface area (Å²) in [5.74, 6) is 0. The van der Waals surface area contributed by atoms with Gasteiger partial charge in [-0.1, -0.05) is 13.8 Å². The first-order valence-electron chi connectivity index (χ1n) is 4.49. The lowest BCUT2D eigenvalue weighted by Gasteiger charge is -2.37. The minimum absolute atomic E-state index is 0.352. The first kappa shape index (κ1) is 12.9. The van der Waals surface area contributed by atoms with Gasteiger partial charge in [-0.25, -0.2) is 8.42 Å². The van der Waals surface area contributed by atoms with E-state index >= 15 is 0 Å². The highest BCUT2D eigenvalue weighted by Crippen LogP contribution is 2.20. The zero-order valence-electron chi connectivity index (χ0n) is 8.87. The van der Waals surface area contributed by atoms with Crippen LogP contribution >= 0.6 is 0 Å². The molecule has 0 aromatic carbocycles. The summed E-state index contributed by atoms with van der Waals surface area (Å²) < 4.78 is 24.3. The molecule has 1 unspecified atom stereocenters. The van der Waals surface area contributed by atoms with Gasteiger partial charge >= 0.3 is 0 Å². The largest absolute Gasteiger partial charge is 0.329 e. The summed E-state index contributed by atoms with van der Waals surface area (Å²) in [5, 5.41) is 0. The van der Waals surface area contributed by atoms with E-state index in [4.69, 9.17) is 5.73 Å². The highest BCUT2D eigenvalue weighted by atomic mass is 32.2. The lowest BCUT2D eigenvalue weighted by Crippen LogP contribution is -2.53. The molecule has 5 heteroatoms. The fourth-order valence-corrected chi connectivity index (χ4v) is 2.91. The summed E-state index contributed by atoms with van der Waals surface area (Å²) in [4.78, 5) is 0. The summed E-state index contributed by atoms with van der Waals surface area (Å²) >= 11 is 0. The Balaban J connectivity index is 4.96. The Morgan fingerprint density at radius 3 is 1.92 bits per heavy atom. The van der Waals surface area contributed by atoms with Crippen molar-refractivity contribution in [1.29, 1.82) is 0 Å². The second-order valence-corrected chi connectivity index (χ2v) is 5.39. The van der Waals surface area contributed by atoms with Gasteiger partial charge in [-0.3, -0.25) is 0 Å². The normalized spacial score (nSPS) is 17.4. The van der Waals surface area contributed by atoms with Gasteiger partial charge in [-0.2, -0.15) is 4.31 Å². The average Bonchev–Trinajstić information content (AvgIpc) is 2.02. The Bertz CT molecular complexity index is 245. The van der Waals surface area contributed by atoms with Gasteiger partial charge in [0.15, 0.2) is 0 Å². The van der Waals surface area contributed by atoms with E-state index in [1.165, 1.54) is 10.6 Å². The number of rotatable bonds is 5. The molecule has 0 aromatic rings. The van der Waals surface area contributed by atoms with Crippen LogP contribution in [-0.4, -0.2) is 37.6 Å². The van der Waals surface area contributed by atoms with Gasteiger partial charge in [-0.15, -0.1) is 0 Å². The summed E-state index contributed by atoms with van der Waals surface area (Å²) in [6.45, 7) is 6.47. The molecule has 4 nitrogen and oxygen atoms in total. The van der Waals surface area contributed by atoms with Crippen LogP contribution in [0.1, 0.15) is 27.2 Å². The van der Waals surface area contributed by atoms with Crippen molar-refractivity contribution in [3.63, 3.8) is 0 Å². The standard InChI is InChI=1S/C8H20N2O2S/c1-5-8(3,7-9)10(6-2)13(4,11)12/h5-7,9H2,1-4H3. The molecule has 0 spiro atoms. The van der Waals surface area contributed by atoms with Crippen LogP contribution in [0.5, 0.6) is 0 Å². The molecule has 0 aromatic heterocycles. The molecule has 0 saturated heterocycles. The fourth-order valence-electron chi connectivity index (χ4n) is 1.44. The lowest BCUT2D eigenvalue weighted by atomic mass is 9.99. The molecule has 0 rings (SSSR count). The van der Waals surface area contributed by atoms with Crippen molar-refractivity contribution in [2.75, 3.05) is 19.3 Å². The van der Waals surface area contributed by atoms with E-state index in [9.17, 15) is 8.42 Å². The van der Waals surface area contributed by atoms with Gasteiger partial charge < -0.3 is 5.73 Å². The summed E-state index contributed by atoms with van der Waals surface area (Å²) in [7, 11) is -3.14. The smallest absolute Gasteiger partial charge is 0.211 e. The predicted octanol–water partition coefficient (Wildman–Crippen LogP) is 0.395. The molecule has 0 heterocycles. The monoisotopic (exact) mass is 208 g/mol. The second-order valence-electron chi connectivity index (χ2n) is 3.48. The van der Waals surface area contributed by atoms with Crippen molar-refractivity contribution in [3.8, 4) is 0 Å². The van der Waals surface area contributed by atoms with Gasteiger partial charge in [0.2, 0.25) is 10.0 Å². The van der Waals surface area contributed by atoms with Crippen molar-refractivity contribution >= 4 is 10.0 Å². The molecular formula is C8H20N2O2S. The van der Waals surface area contributed by atoms with Crippen molar-refractivity contribution < 1.29 is 8.42 Å². The van der Waals surface area contributed by atoms with Crippen molar-refractivity contribution in [3.05, 3.63) is 0 Å². The highest BCUT2D eigenvalue weighted by molar-refractivity contribution is 7.88. The van der Waals surface area contributed by atoms with Crippen LogP contribution in [0.3, 0.4) is 0 Å². The molecular weight excluding hydrogens is 188 g/mol. The molecule has 0 amide bonds. The molecule has 0 aliphatic rings. The molecule has 0 bridgehead atoms. The van der Waals surface area contributed by atoms with E-state index in [1.54, 1.807) is 0 Å². The van der Waals surface area contributed by atoms with Crippen molar-refractivity contribution in [2.24, 2.45) is 5.73 Å². The van der Waals surface area contributed by atoms with E-state index < -0.39 is 15.6 Å². The van der Waals surface area contributed by atoms with Crippen LogP contribution in [0.15, 0.2) is 0 Å². The Hall–Kier alpha value is -0.130. The summed E-state index contributed by atoms with van der Waals surface area (Å²) in [6.07, 6.45) is 1.95. The van der Waals surface area contributed by atoms with Crippen LogP contribution in [0, 0.1) is 0 Å². The molecule has 0 saturated carbocycles. The molecule has 0 radical (unpaired) electrons. The molecule has 1 atom stereocenters. The molecule has 13 heavy (non-hydrogen) atoms.